The average Bonchev–Trinajstić information content (AvgIpc) is 2.00. The molecule has 6 heteroatoms. The summed E-state index contributed by atoms with van der Waals surface area (Å²) in [5, 5.41) is -0.152. The van der Waals surface area contributed by atoms with Crippen LogP contribution < -0.4 is 0 Å². The minimum atomic E-state index is -0.430. The highest BCUT2D eigenvalue weighted by Gasteiger charge is 2.12. The third-order valence-corrected chi connectivity index (χ3v) is 3.30. The molecule has 1 unspecified atom stereocenters. The quantitative estimate of drug-likeness (QED) is 0.485. The summed E-state index contributed by atoms with van der Waals surface area (Å²) in [5.41, 5.74) is 0. The van der Waals surface area contributed by atoms with Crippen LogP contribution in [0.3, 0.4) is 0 Å². The summed E-state index contributed by atoms with van der Waals surface area (Å²) >= 11 is 33.3. The van der Waals surface area contributed by atoms with Crippen molar-refractivity contribution in [2.75, 3.05) is 0 Å². The van der Waals surface area contributed by atoms with Crippen LogP contribution in [0.4, 0.5) is 0 Å². The Kier molecular flexibility index (Phi) is 6.44. The van der Waals surface area contributed by atoms with Crippen LogP contribution in [0.15, 0.2) is 19.6 Å². The van der Waals surface area contributed by atoms with Crippen LogP contribution in [0.25, 0.3) is 0 Å². The summed E-state index contributed by atoms with van der Waals surface area (Å²) < 4.78 is -0.142. The molecule has 0 aromatic heterocycles. The van der Waals surface area contributed by atoms with Crippen LogP contribution in [0.5, 0.6) is 0 Å². The molecule has 0 rings (SSSR count). The van der Waals surface area contributed by atoms with Crippen molar-refractivity contribution in [1.29, 1.82) is 0 Å². The molecular weight excluding hydrogens is 285 g/mol. The Morgan fingerprint density at radius 2 is 1.33 bits per heavy atom. The van der Waals surface area contributed by atoms with Gasteiger partial charge in [0.05, 0.1) is 20.5 Å². The second kappa shape index (κ2) is 5.85. The third kappa shape index (κ3) is 3.95. The van der Waals surface area contributed by atoms with Gasteiger partial charge in [-0.3, -0.25) is 0 Å². The number of allylic oxidation sites excluding steroid dienone is 3. The molecule has 0 aromatic carbocycles. The normalized spacial score (nSPS) is 15.2. The van der Waals surface area contributed by atoms with Gasteiger partial charge in [-0.1, -0.05) is 58.0 Å². The monoisotopic (exact) mass is 286 g/mol. The second-order valence-electron chi connectivity index (χ2n) is 1.85. The van der Waals surface area contributed by atoms with Crippen LogP contribution in [0, 0.1) is 0 Å². The maximum absolute atomic E-state index is 5.68. The Balaban J connectivity index is 4.93. The van der Waals surface area contributed by atoms with Gasteiger partial charge in [0.2, 0.25) is 0 Å². The Labute approximate surface area is 101 Å². The van der Waals surface area contributed by atoms with E-state index in [2.05, 4.69) is 0 Å². The van der Waals surface area contributed by atoms with Crippen LogP contribution in [0.1, 0.15) is 6.92 Å². The maximum atomic E-state index is 5.68. The minimum absolute atomic E-state index is 0.00231. The van der Waals surface area contributed by atoms with E-state index in [1.165, 1.54) is 0 Å². The molecule has 0 amide bonds. The molecule has 0 aromatic rings. The average molecular weight is 289 g/mol. The van der Waals surface area contributed by atoms with Crippen LogP contribution in [0.2, 0.25) is 0 Å². The Morgan fingerprint density at radius 1 is 0.917 bits per heavy atom. The molecule has 0 bridgehead atoms. The van der Waals surface area contributed by atoms with E-state index in [0.717, 1.165) is 0 Å². The molecule has 0 spiro atoms. The van der Waals surface area contributed by atoms with Gasteiger partial charge in [-0.2, -0.15) is 0 Å². The van der Waals surface area contributed by atoms with Gasteiger partial charge in [0, 0.05) is 0 Å². The maximum Gasteiger partial charge on any atom is 0.126 e. The molecule has 0 saturated heterocycles. The lowest BCUT2D eigenvalue weighted by atomic mass is 10.4. The molecule has 0 aliphatic heterocycles. The minimum Gasteiger partial charge on any atom is -0.117 e. The summed E-state index contributed by atoms with van der Waals surface area (Å²) in [6.07, 6.45) is 0. The van der Waals surface area contributed by atoms with Crippen molar-refractivity contribution < 1.29 is 0 Å². The molecule has 0 nitrogen and oxygen atoms in total. The molecule has 0 N–H and O–H groups in total. The lowest BCUT2D eigenvalue weighted by Gasteiger charge is -2.04. The smallest absolute Gasteiger partial charge is 0.117 e. The van der Waals surface area contributed by atoms with Gasteiger partial charge in [0.1, 0.15) is 4.49 Å². The predicted octanol–water partition coefficient (Wildman–Crippen LogP) is 5.19. The largest absolute Gasteiger partial charge is 0.126 e. The first-order valence-electron chi connectivity index (χ1n) is 2.78. The fourth-order valence-corrected chi connectivity index (χ4v) is 1.32. The van der Waals surface area contributed by atoms with Gasteiger partial charge in [-0.05, 0) is 6.92 Å². The van der Waals surface area contributed by atoms with Gasteiger partial charge in [-0.15, -0.1) is 11.6 Å². The molecule has 0 aliphatic carbocycles. The van der Waals surface area contributed by atoms with Crippen molar-refractivity contribution in [3.8, 4) is 0 Å². The standard InChI is InChI=1S/C6H4Cl6/c1-2(7)3(8)4(9)5(10)6(11)12/h2H,1H3/b4-3+. The fourth-order valence-electron chi connectivity index (χ4n) is 0.362. The lowest BCUT2D eigenvalue weighted by molar-refractivity contribution is 1.19. The molecule has 12 heavy (non-hydrogen) atoms. The highest BCUT2D eigenvalue weighted by Crippen LogP contribution is 2.33. The topological polar surface area (TPSA) is 0 Å². The summed E-state index contributed by atoms with van der Waals surface area (Å²) in [5.74, 6) is 0. The van der Waals surface area contributed by atoms with Crippen molar-refractivity contribution in [2.45, 2.75) is 12.3 Å². The van der Waals surface area contributed by atoms with Crippen molar-refractivity contribution in [1.82, 2.24) is 0 Å². The van der Waals surface area contributed by atoms with Gasteiger partial charge in [0.15, 0.2) is 0 Å². The van der Waals surface area contributed by atoms with Crippen molar-refractivity contribution >= 4 is 69.6 Å². The first kappa shape index (κ1) is 13.2. The van der Waals surface area contributed by atoms with Gasteiger partial charge >= 0.3 is 0 Å². The molecule has 70 valence electrons. The molecule has 0 heterocycles. The fraction of sp³-hybridized carbons (Fsp3) is 0.333. The zero-order valence-electron chi connectivity index (χ0n) is 5.85. The first-order valence-corrected chi connectivity index (χ1v) is 5.11. The molecule has 0 radical (unpaired) electrons. The first-order chi connectivity index (χ1) is 5.37. The zero-order valence-corrected chi connectivity index (χ0v) is 10.4. The van der Waals surface area contributed by atoms with Crippen molar-refractivity contribution in [3.05, 3.63) is 19.6 Å². The summed E-state index contributed by atoms with van der Waals surface area (Å²) in [4.78, 5) is 0. The van der Waals surface area contributed by atoms with E-state index in [1.54, 1.807) is 6.92 Å². The van der Waals surface area contributed by atoms with Gasteiger partial charge < -0.3 is 0 Å². The van der Waals surface area contributed by atoms with Crippen LogP contribution >= 0.6 is 69.6 Å². The van der Waals surface area contributed by atoms with Crippen molar-refractivity contribution in [3.63, 3.8) is 0 Å². The van der Waals surface area contributed by atoms with Crippen molar-refractivity contribution in [2.24, 2.45) is 0 Å². The molecule has 0 fully saturated rings. The number of halogens is 6. The summed E-state index contributed by atoms with van der Waals surface area (Å²) in [7, 11) is 0. The Bertz CT molecular complexity index is 222. The Hall–Kier alpha value is 1.22. The van der Waals surface area contributed by atoms with Crippen LogP contribution in [-0.4, -0.2) is 5.38 Å². The summed E-state index contributed by atoms with van der Waals surface area (Å²) in [6.45, 7) is 1.65. The number of hydrogen-bond acceptors (Lipinski definition) is 0. The molecular formula is C6H4Cl6. The SMILES string of the molecule is CC(Cl)/C(Cl)=C(\Cl)C(Cl)=C(Cl)Cl. The molecule has 0 aliphatic rings. The highest BCUT2D eigenvalue weighted by molar-refractivity contribution is 6.62. The van der Waals surface area contributed by atoms with E-state index in [1.807, 2.05) is 0 Å². The highest BCUT2D eigenvalue weighted by atomic mass is 35.5. The second-order valence-corrected chi connectivity index (χ2v) is 4.62. The Morgan fingerprint density at radius 3 is 1.58 bits per heavy atom. The van der Waals surface area contributed by atoms with E-state index in [4.69, 9.17) is 69.6 Å². The number of hydrogen-bond donors (Lipinski definition) is 0. The third-order valence-electron chi connectivity index (χ3n) is 0.918. The van der Waals surface area contributed by atoms with Crippen LogP contribution in [-0.2, 0) is 0 Å². The lowest BCUT2D eigenvalue weighted by Crippen LogP contribution is -1.93. The van der Waals surface area contributed by atoms with E-state index in [9.17, 15) is 0 Å². The predicted molar refractivity (Wildman–Crippen MR) is 58.6 cm³/mol. The molecule has 1 atom stereocenters. The van der Waals surface area contributed by atoms with Gasteiger partial charge in [0.25, 0.3) is 0 Å². The van der Waals surface area contributed by atoms with E-state index in [-0.39, 0.29) is 19.6 Å². The van der Waals surface area contributed by atoms with Gasteiger partial charge in [-0.25, -0.2) is 0 Å². The van der Waals surface area contributed by atoms with E-state index < -0.39 is 5.38 Å². The molecule has 0 saturated carbocycles. The zero-order chi connectivity index (χ0) is 9.89. The number of rotatable bonds is 2. The summed E-state index contributed by atoms with van der Waals surface area (Å²) in [6, 6.07) is 0. The van der Waals surface area contributed by atoms with E-state index >= 15 is 0 Å². The number of alkyl halides is 1. The van der Waals surface area contributed by atoms with E-state index in [0.29, 0.717) is 0 Å².